The highest BCUT2D eigenvalue weighted by molar-refractivity contribution is 5.96. The van der Waals surface area contributed by atoms with Gasteiger partial charge in [0.05, 0.1) is 11.7 Å². The number of benzene rings is 1. The molecule has 21 heavy (non-hydrogen) atoms. The minimum Gasteiger partial charge on any atom is -0.507 e. The van der Waals surface area contributed by atoms with Crippen molar-refractivity contribution in [1.29, 1.82) is 0 Å². The first-order valence-electron chi connectivity index (χ1n) is 7.57. The summed E-state index contributed by atoms with van der Waals surface area (Å²) in [5.41, 5.74) is 1.25. The van der Waals surface area contributed by atoms with E-state index in [9.17, 15) is 9.90 Å². The van der Waals surface area contributed by atoms with Crippen molar-refractivity contribution in [2.75, 3.05) is 26.2 Å². The highest BCUT2D eigenvalue weighted by Gasteiger charge is 2.13. The van der Waals surface area contributed by atoms with Crippen molar-refractivity contribution in [3.63, 3.8) is 0 Å². The molecule has 0 saturated carbocycles. The van der Waals surface area contributed by atoms with E-state index in [1.807, 2.05) is 13.0 Å². The molecular formula is C16H24N2O3. The lowest BCUT2D eigenvalue weighted by molar-refractivity contribution is 0.0318. The van der Waals surface area contributed by atoms with Crippen molar-refractivity contribution in [2.24, 2.45) is 0 Å². The van der Waals surface area contributed by atoms with Crippen LogP contribution in [0.5, 0.6) is 5.75 Å². The number of rotatable bonds is 6. The molecule has 0 spiro atoms. The van der Waals surface area contributed by atoms with Gasteiger partial charge in [-0.2, -0.15) is 0 Å². The maximum absolute atomic E-state index is 11.9. The summed E-state index contributed by atoms with van der Waals surface area (Å²) < 4.78 is 5.77. The number of piperidine rings is 1. The van der Waals surface area contributed by atoms with Crippen molar-refractivity contribution in [1.82, 2.24) is 10.6 Å². The predicted octanol–water partition coefficient (Wildman–Crippen LogP) is 1.59. The third-order valence-electron chi connectivity index (χ3n) is 3.64. The SMILES string of the molecule is Cc1ccc(C(=O)NCCCOC2CCNCC2)c(O)c1. The standard InChI is InChI=1S/C16H24N2O3/c1-12-3-4-14(15(19)11-12)16(20)18-7-2-10-21-13-5-8-17-9-6-13/h3-4,11,13,17,19H,2,5-10H2,1H3,(H,18,20). The van der Waals surface area contributed by atoms with E-state index in [2.05, 4.69) is 10.6 Å². The first-order valence-corrected chi connectivity index (χ1v) is 7.57. The second kappa shape index (κ2) is 8.00. The number of carbonyl (C=O) groups is 1. The van der Waals surface area contributed by atoms with Gasteiger partial charge in [-0.3, -0.25) is 4.79 Å². The van der Waals surface area contributed by atoms with E-state index in [1.54, 1.807) is 12.1 Å². The third kappa shape index (κ3) is 5.02. The molecule has 5 nitrogen and oxygen atoms in total. The molecule has 1 fully saturated rings. The molecule has 0 aromatic heterocycles. The van der Waals surface area contributed by atoms with Crippen molar-refractivity contribution >= 4 is 5.91 Å². The van der Waals surface area contributed by atoms with Crippen LogP contribution < -0.4 is 10.6 Å². The number of hydrogen-bond donors (Lipinski definition) is 3. The van der Waals surface area contributed by atoms with Gasteiger partial charge in [0.1, 0.15) is 5.75 Å². The number of ether oxygens (including phenoxy) is 1. The Morgan fingerprint density at radius 2 is 2.19 bits per heavy atom. The fraction of sp³-hybridized carbons (Fsp3) is 0.562. The second-order valence-electron chi connectivity index (χ2n) is 5.45. The monoisotopic (exact) mass is 292 g/mol. The summed E-state index contributed by atoms with van der Waals surface area (Å²) in [5.74, 6) is -0.215. The molecule has 0 unspecified atom stereocenters. The molecule has 5 heteroatoms. The smallest absolute Gasteiger partial charge is 0.255 e. The Balaban J connectivity index is 1.64. The zero-order valence-corrected chi connectivity index (χ0v) is 12.5. The zero-order valence-electron chi connectivity index (χ0n) is 12.5. The first kappa shape index (κ1) is 15.8. The van der Waals surface area contributed by atoms with Gasteiger partial charge in [0.25, 0.3) is 5.91 Å². The summed E-state index contributed by atoms with van der Waals surface area (Å²) in [4.78, 5) is 11.9. The van der Waals surface area contributed by atoms with Crippen molar-refractivity contribution < 1.29 is 14.6 Å². The summed E-state index contributed by atoms with van der Waals surface area (Å²) in [7, 11) is 0. The molecule has 2 rings (SSSR count). The highest BCUT2D eigenvalue weighted by Crippen LogP contribution is 2.18. The van der Waals surface area contributed by atoms with E-state index in [1.165, 1.54) is 0 Å². The van der Waals surface area contributed by atoms with E-state index >= 15 is 0 Å². The minimum atomic E-state index is -0.241. The third-order valence-corrected chi connectivity index (χ3v) is 3.64. The molecule has 0 bridgehead atoms. The molecule has 1 aromatic carbocycles. The van der Waals surface area contributed by atoms with Crippen molar-refractivity contribution in [3.8, 4) is 5.75 Å². The minimum absolute atomic E-state index is 0.0263. The molecule has 0 atom stereocenters. The van der Waals surface area contributed by atoms with Crippen LogP contribution in [0.25, 0.3) is 0 Å². The molecule has 0 radical (unpaired) electrons. The van der Waals surface area contributed by atoms with Crippen LogP contribution in [0, 0.1) is 6.92 Å². The van der Waals surface area contributed by atoms with Crippen molar-refractivity contribution in [2.45, 2.75) is 32.3 Å². The van der Waals surface area contributed by atoms with E-state index in [0.717, 1.165) is 37.9 Å². The maximum Gasteiger partial charge on any atom is 0.255 e. The average molecular weight is 292 g/mol. The lowest BCUT2D eigenvalue weighted by Gasteiger charge is -2.22. The molecule has 1 saturated heterocycles. The fourth-order valence-electron chi connectivity index (χ4n) is 2.42. The largest absolute Gasteiger partial charge is 0.507 e. The number of aromatic hydroxyl groups is 1. The van der Waals surface area contributed by atoms with Gasteiger partial charge in [0.2, 0.25) is 0 Å². The first-order chi connectivity index (χ1) is 10.2. The molecule has 1 aliphatic rings. The second-order valence-corrected chi connectivity index (χ2v) is 5.45. The highest BCUT2D eigenvalue weighted by atomic mass is 16.5. The quantitative estimate of drug-likeness (QED) is 0.696. The van der Waals surface area contributed by atoms with Crippen LogP contribution in [-0.4, -0.2) is 43.4 Å². The van der Waals surface area contributed by atoms with E-state index in [4.69, 9.17) is 4.74 Å². The Morgan fingerprint density at radius 1 is 1.43 bits per heavy atom. The molecule has 1 aromatic rings. The van der Waals surface area contributed by atoms with Crippen LogP contribution in [0.2, 0.25) is 0 Å². The van der Waals surface area contributed by atoms with Crippen LogP contribution >= 0.6 is 0 Å². The summed E-state index contributed by atoms with van der Waals surface area (Å²) in [5, 5.41) is 15.8. The van der Waals surface area contributed by atoms with Crippen LogP contribution in [0.4, 0.5) is 0 Å². The van der Waals surface area contributed by atoms with Gasteiger partial charge >= 0.3 is 0 Å². The average Bonchev–Trinajstić information content (AvgIpc) is 2.47. The van der Waals surface area contributed by atoms with Gasteiger partial charge in [-0.25, -0.2) is 0 Å². The molecule has 1 amide bonds. The summed E-state index contributed by atoms with van der Waals surface area (Å²) >= 11 is 0. The van der Waals surface area contributed by atoms with Gasteiger partial charge < -0.3 is 20.5 Å². The lowest BCUT2D eigenvalue weighted by Crippen LogP contribution is -2.33. The van der Waals surface area contributed by atoms with Crippen LogP contribution in [-0.2, 0) is 4.74 Å². The normalized spacial score (nSPS) is 15.9. The van der Waals surface area contributed by atoms with E-state index in [-0.39, 0.29) is 11.7 Å². The Morgan fingerprint density at radius 3 is 2.90 bits per heavy atom. The number of phenols is 1. The van der Waals surface area contributed by atoms with Gasteiger partial charge in [0, 0.05) is 13.2 Å². The van der Waals surface area contributed by atoms with Gasteiger partial charge in [-0.15, -0.1) is 0 Å². The van der Waals surface area contributed by atoms with E-state index < -0.39 is 0 Å². The number of nitrogens with one attached hydrogen (secondary N) is 2. The number of aryl methyl sites for hydroxylation is 1. The molecule has 1 heterocycles. The number of phenolic OH excluding ortho intramolecular Hbond substituents is 1. The number of carbonyl (C=O) groups excluding carboxylic acids is 1. The molecule has 1 aliphatic heterocycles. The Hall–Kier alpha value is -1.59. The van der Waals surface area contributed by atoms with Gasteiger partial charge in [-0.05, 0) is 57.0 Å². The molecular weight excluding hydrogens is 268 g/mol. The predicted molar refractivity (Wildman–Crippen MR) is 81.6 cm³/mol. The van der Waals surface area contributed by atoms with Gasteiger partial charge in [-0.1, -0.05) is 6.07 Å². The number of hydrogen-bond acceptors (Lipinski definition) is 4. The number of amides is 1. The van der Waals surface area contributed by atoms with Crippen LogP contribution in [0.1, 0.15) is 35.2 Å². The van der Waals surface area contributed by atoms with Crippen LogP contribution in [0.15, 0.2) is 18.2 Å². The topological polar surface area (TPSA) is 70.6 Å². The molecule has 116 valence electrons. The summed E-state index contributed by atoms with van der Waals surface area (Å²) in [6, 6.07) is 5.05. The molecule has 3 N–H and O–H groups in total. The Bertz CT molecular complexity index is 471. The van der Waals surface area contributed by atoms with Gasteiger partial charge in [0.15, 0.2) is 0 Å². The lowest BCUT2D eigenvalue weighted by atomic mass is 10.1. The Labute approximate surface area is 125 Å². The molecule has 0 aliphatic carbocycles. The zero-order chi connectivity index (χ0) is 15.1. The summed E-state index contributed by atoms with van der Waals surface area (Å²) in [6.45, 7) is 5.13. The fourth-order valence-corrected chi connectivity index (χ4v) is 2.42. The Kier molecular flexibility index (Phi) is 6.02. The van der Waals surface area contributed by atoms with E-state index in [0.29, 0.717) is 24.8 Å². The maximum atomic E-state index is 11.9. The summed E-state index contributed by atoms with van der Waals surface area (Å²) in [6.07, 6.45) is 3.25. The van der Waals surface area contributed by atoms with Crippen molar-refractivity contribution in [3.05, 3.63) is 29.3 Å². The van der Waals surface area contributed by atoms with Crippen LogP contribution in [0.3, 0.4) is 0 Å².